The van der Waals surface area contributed by atoms with E-state index in [2.05, 4.69) is 21.2 Å². The number of hydrogen-bond donors (Lipinski definition) is 1. The van der Waals surface area contributed by atoms with Crippen LogP contribution in [0.25, 0.3) is 11.3 Å². The first-order chi connectivity index (χ1) is 11.5. The molecule has 1 saturated heterocycles. The minimum Gasteiger partial charge on any atom is -0.460 e. The van der Waals surface area contributed by atoms with Gasteiger partial charge >= 0.3 is 6.03 Å². The fourth-order valence-electron chi connectivity index (χ4n) is 2.58. The summed E-state index contributed by atoms with van der Waals surface area (Å²) in [6.45, 7) is 1.61. The van der Waals surface area contributed by atoms with Crippen LogP contribution in [0.15, 0.2) is 45.3 Å². The Hall–Kier alpha value is -2.12. The van der Waals surface area contributed by atoms with Crippen LogP contribution < -0.4 is 5.32 Å². The summed E-state index contributed by atoms with van der Waals surface area (Å²) in [6.07, 6.45) is 0. The average molecular weight is 392 g/mol. The molecule has 1 aliphatic rings. The summed E-state index contributed by atoms with van der Waals surface area (Å²) in [5, 5.41) is 2.62. The van der Waals surface area contributed by atoms with Crippen molar-refractivity contribution in [1.29, 1.82) is 0 Å². The van der Waals surface area contributed by atoms with Crippen molar-refractivity contribution in [2.45, 2.75) is 6.54 Å². The van der Waals surface area contributed by atoms with E-state index < -0.39 is 0 Å². The summed E-state index contributed by atoms with van der Waals surface area (Å²) < 4.78 is 6.86. The van der Waals surface area contributed by atoms with Gasteiger partial charge in [-0.1, -0.05) is 28.1 Å². The molecular weight excluding hydrogens is 374 g/mol. The molecule has 6 nitrogen and oxygen atoms in total. The lowest BCUT2D eigenvalue weighted by molar-refractivity contribution is -0.128. The molecule has 0 spiro atoms. The normalized spacial score (nSPS) is 14.3. The molecule has 24 heavy (non-hydrogen) atoms. The van der Waals surface area contributed by atoms with Gasteiger partial charge in [-0.2, -0.15) is 0 Å². The van der Waals surface area contributed by atoms with Gasteiger partial charge in [0.2, 0.25) is 5.91 Å². The Balaban J connectivity index is 1.59. The second-order valence-corrected chi connectivity index (χ2v) is 6.64. The van der Waals surface area contributed by atoms with E-state index in [1.807, 2.05) is 48.3 Å². The third kappa shape index (κ3) is 3.85. The number of nitrogens with one attached hydrogen (secondary N) is 1. The Labute approximate surface area is 148 Å². The molecule has 3 amide bonds. The SMILES string of the molecule is CN(CC(=O)N1CCNC1=O)Cc1ccc(-c2ccc(Br)cc2)o1. The fraction of sp³-hybridized carbons (Fsp3) is 0.294. The number of nitrogens with zero attached hydrogens (tertiary/aromatic N) is 2. The van der Waals surface area contributed by atoms with E-state index in [1.165, 1.54) is 4.90 Å². The maximum Gasteiger partial charge on any atom is 0.324 e. The Kier molecular flexibility index (Phi) is 5.01. The van der Waals surface area contributed by atoms with Crippen molar-refractivity contribution in [3.05, 3.63) is 46.6 Å². The lowest BCUT2D eigenvalue weighted by Gasteiger charge is -2.18. The number of carbonyl (C=O) groups is 2. The number of furan rings is 1. The van der Waals surface area contributed by atoms with E-state index in [0.29, 0.717) is 19.6 Å². The van der Waals surface area contributed by atoms with Crippen LogP contribution >= 0.6 is 15.9 Å². The smallest absolute Gasteiger partial charge is 0.324 e. The second kappa shape index (κ2) is 7.19. The number of hydrogen-bond acceptors (Lipinski definition) is 4. The standard InChI is InChI=1S/C17H18BrN3O3/c1-20(11-16(22)21-9-8-19-17(21)23)10-14-6-7-15(24-14)12-2-4-13(18)5-3-12/h2-7H,8-11H2,1H3,(H,19,23). The summed E-state index contributed by atoms with van der Waals surface area (Å²) in [4.78, 5) is 26.7. The predicted octanol–water partition coefficient (Wildman–Crippen LogP) is 2.69. The number of rotatable bonds is 5. The van der Waals surface area contributed by atoms with Crippen LogP contribution in [0.5, 0.6) is 0 Å². The van der Waals surface area contributed by atoms with Crippen molar-refractivity contribution >= 4 is 27.9 Å². The first-order valence-electron chi connectivity index (χ1n) is 7.64. The van der Waals surface area contributed by atoms with Crippen molar-refractivity contribution < 1.29 is 14.0 Å². The molecule has 0 aliphatic carbocycles. The van der Waals surface area contributed by atoms with Crippen LogP contribution in [-0.4, -0.2) is 48.4 Å². The maximum atomic E-state index is 12.1. The van der Waals surface area contributed by atoms with Crippen molar-refractivity contribution in [2.24, 2.45) is 0 Å². The zero-order valence-corrected chi connectivity index (χ0v) is 14.9. The Morgan fingerprint density at radius 2 is 2.04 bits per heavy atom. The van der Waals surface area contributed by atoms with Gasteiger partial charge in [0.05, 0.1) is 13.1 Å². The molecule has 0 radical (unpaired) electrons. The van der Waals surface area contributed by atoms with Gasteiger partial charge in [0.15, 0.2) is 0 Å². The number of amides is 3. The van der Waals surface area contributed by atoms with Crippen molar-refractivity contribution in [1.82, 2.24) is 15.1 Å². The van der Waals surface area contributed by atoms with Crippen molar-refractivity contribution in [3.8, 4) is 11.3 Å². The lowest BCUT2D eigenvalue weighted by Crippen LogP contribution is -2.40. The molecule has 2 aromatic rings. The number of halogens is 1. The van der Waals surface area contributed by atoms with Crippen LogP contribution in [0.1, 0.15) is 5.76 Å². The van der Waals surface area contributed by atoms with Crippen molar-refractivity contribution in [3.63, 3.8) is 0 Å². The molecule has 0 unspecified atom stereocenters. The number of imide groups is 1. The van der Waals surface area contributed by atoms with E-state index in [0.717, 1.165) is 21.6 Å². The highest BCUT2D eigenvalue weighted by molar-refractivity contribution is 9.10. The highest BCUT2D eigenvalue weighted by atomic mass is 79.9. The lowest BCUT2D eigenvalue weighted by atomic mass is 10.2. The number of benzene rings is 1. The first kappa shape index (κ1) is 16.7. The minimum absolute atomic E-state index is 0.168. The second-order valence-electron chi connectivity index (χ2n) is 5.72. The van der Waals surface area contributed by atoms with E-state index in [9.17, 15) is 9.59 Å². The van der Waals surface area contributed by atoms with Crippen LogP contribution in [0.3, 0.4) is 0 Å². The molecular formula is C17H18BrN3O3. The summed E-state index contributed by atoms with van der Waals surface area (Å²) >= 11 is 3.41. The van der Waals surface area contributed by atoms with Gasteiger partial charge < -0.3 is 9.73 Å². The number of carbonyl (C=O) groups excluding carboxylic acids is 2. The molecule has 0 atom stereocenters. The third-order valence-electron chi connectivity index (χ3n) is 3.78. The third-order valence-corrected chi connectivity index (χ3v) is 4.31. The molecule has 1 N–H and O–H groups in total. The number of likely N-dealkylation sites (N-methyl/N-ethyl adjacent to an activating group) is 1. The van der Waals surface area contributed by atoms with E-state index >= 15 is 0 Å². The minimum atomic E-state index is -0.316. The predicted molar refractivity (Wildman–Crippen MR) is 93.3 cm³/mol. The molecule has 1 aromatic heterocycles. The van der Waals surface area contributed by atoms with Gasteiger partial charge in [0, 0.05) is 23.1 Å². The topological polar surface area (TPSA) is 65.8 Å². The van der Waals surface area contributed by atoms with Gasteiger partial charge in [-0.05, 0) is 31.3 Å². The van der Waals surface area contributed by atoms with E-state index in [-0.39, 0.29) is 18.5 Å². The zero-order valence-electron chi connectivity index (χ0n) is 13.3. The molecule has 1 aliphatic heterocycles. The molecule has 1 fully saturated rings. The molecule has 0 bridgehead atoms. The fourth-order valence-corrected chi connectivity index (χ4v) is 2.84. The molecule has 0 saturated carbocycles. The Bertz CT molecular complexity index is 742. The summed E-state index contributed by atoms with van der Waals surface area (Å²) in [5.74, 6) is 1.36. The van der Waals surface area contributed by atoms with Gasteiger partial charge in [-0.15, -0.1) is 0 Å². The maximum absolute atomic E-state index is 12.1. The zero-order chi connectivity index (χ0) is 17.1. The largest absolute Gasteiger partial charge is 0.460 e. The van der Waals surface area contributed by atoms with Gasteiger partial charge in [0.1, 0.15) is 11.5 Å². The van der Waals surface area contributed by atoms with Gasteiger partial charge in [-0.25, -0.2) is 4.79 Å². The van der Waals surface area contributed by atoms with Gasteiger partial charge in [0.25, 0.3) is 0 Å². The highest BCUT2D eigenvalue weighted by Gasteiger charge is 2.26. The van der Waals surface area contributed by atoms with Crippen LogP contribution in [0.4, 0.5) is 4.79 Å². The summed E-state index contributed by atoms with van der Waals surface area (Å²) in [5.41, 5.74) is 0.997. The Morgan fingerprint density at radius 3 is 2.71 bits per heavy atom. The molecule has 2 heterocycles. The quantitative estimate of drug-likeness (QED) is 0.850. The average Bonchev–Trinajstić information content (AvgIpc) is 3.17. The van der Waals surface area contributed by atoms with Crippen LogP contribution in [-0.2, 0) is 11.3 Å². The molecule has 126 valence electrons. The highest BCUT2D eigenvalue weighted by Crippen LogP contribution is 2.24. The van der Waals surface area contributed by atoms with Gasteiger partial charge in [-0.3, -0.25) is 14.6 Å². The van der Waals surface area contributed by atoms with Crippen molar-refractivity contribution in [2.75, 3.05) is 26.7 Å². The first-order valence-corrected chi connectivity index (χ1v) is 8.43. The van der Waals surface area contributed by atoms with Crippen LogP contribution in [0.2, 0.25) is 0 Å². The van der Waals surface area contributed by atoms with Crippen LogP contribution in [0, 0.1) is 0 Å². The Morgan fingerprint density at radius 1 is 1.29 bits per heavy atom. The molecule has 7 heteroatoms. The van der Waals surface area contributed by atoms with E-state index in [1.54, 1.807) is 0 Å². The molecule has 1 aromatic carbocycles. The monoisotopic (exact) mass is 391 g/mol. The summed E-state index contributed by atoms with van der Waals surface area (Å²) in [7, 11) is 1.83. The summed E-state index contributed by atoms with van der Waals surface area (Å²) in [6, 6.07) is 11.4. The number of urea groups is 1. The van der Waals surface area contributed by atoms with E-state index in [4.69, 9.17) is 4.42 Å². The molecule has 3 rings (SSSR count).